The van der Waals surface area contributed by atoms with Gasteiger partial charge in [-0.15, -0.1) is 0 Å². The molecule has 0 unspecified atom stereocenters. The van der Waals surface area contributed by atoms with Gasteiger partial charge < -0.3 is 0 Å². The van der Waals surface area contributed by atoms with E-state index in [1.807, 2.05) is 78.9 Å². The Balaban J connectivity index is 1.93. The Labute approximate surface area is 166 Å². The van der Waals surface area contributed by atoms with Gasteiger partial charge in [0.15, 0.2) is 0 Å². The van der Waals surface area contributed by atoms with Crippen molar-refractivity contribution >= 4 is 39.0 Å². The average Bonchev–Trinajstić information content (AvgIpc) is 2.63. The zero-order valence-electron chi connectivity index (χ0n) is 14.5. The predicted octanol–water partition coefficient (Wildman–Crippen LogP) is 6.66. The SMILES string of the molecule is CS(CC(=O)Cc1ccccc1)(c1ccc(Cl)cc1)c1ccc(Cl)cc1. The molecule has 1 nitrogen and oxygen atoms in total. The summed E-state index contributed by atoms with van der Waals surface area (Å²) in [5.74, 6) is 0.726. The van der Waals surface area contributed by atoms with E-state index in [0.717, 1.165) is 15.4 Å². The van der Waals surface area contributed by atoms with Crippen LogP contribution >= 0.6 is 33.2 Å². The maximum atomic E-state index is 12.9. The van der Waals surface area contributed by atoms with Crippen LogP contribution in [0.2, 0.25) is 10.0 Å². The van der Waals surface area contributed by atoms with Gasteiger partial charge in [-0.2, -0.15) is 10.0 Å². The fourth-order valence-electron chi connectivity index (χ4n) is 2.97. The van der Waals surface area contributed by atoms with Crippen LogP contribution in [0.25, 0.3) is 0 Å². The van der Waals surface area contributed by atoms with E-state index in [4.69, 9.17) is 23.2 Å². The second kappa shape index (κ2) is 8.30. The molecule has 0 spiro atoms. The standard InChI is InChI=1S/C22H20Cl2OS/c1-26(21-11-7-18(23)8-12-21,22-13-9-19(24)10-14-22)16-20(25)15-17-5-3-2-4-6-17/h2-14H,15-16H2,1H3. The lowest BCUT2D eigenvalue weighted by atomic mass is 10.1. The van der Waals surface area contributed by atoms with Gasteiger partial charge in [-0.05, 0) is 70.1 Å². The summed E-state index contributed by atoms with van der Waals surface area (Å²) in [7, 11) is -1.52. The molecular formula is C22H20Cl2OS. The highest BCUT2D eigenvalue weighted by Crippen LogP contribution is 2.59. The molecule has 0 aliphatic rings. The Morgan fingerprint density at radius 3 is 1.69 bits per heavy atom. The van der Waals surface area contributed by atoms with Crippen LogP contribution in [0.1, 0.15) is 5.56 Å². The first-order chi connectivity index (χ1) is 12.5. The van der Waals surface area contributed by atoms with E-state index < -0.39 is 10.0 Å². The summed E-state index contributed by atoms with van der Waals surface area (Å²) in [5, 5.41) is 1.39. The van der Waals surface area contributed by atoms with Crippen LogP contribution in [0.5, 0.6) is 0 Å². The maximum Gasteiger partial charge on any atom is 0.146 e. The molecule has 0 aliphatic heterocycles. The fraction of sp³-hybridized carbons (Fsp3) is 0.136. The van der Waals surface area contributed by atoms with Gasteiger partial charge in [0.2, 0.25) is 0 Å². The van der Waals surface area contributed by atoms with Crippen molar-refractivity contribution in [2.75, 3.05) is 12.0 Å². The molecule has 0 heterocycles. The number of halogens is 2. The summed E-state index contributed by atoms with van der Waals surface area (Å²) in [6, 6.07) is 25.6. The maximum absolute atomic E-state index is 12.9. The third-order valence-corrected chi connectivity index (χ3v) is 8.39. The molecule has 0 aromatic heterocycles. The Bertz CT molecular complexity index is 829. The number of benzene rings is 3. The summed E-state index contributed by atoms with van der Waals surface area (Å²) in [6.07, 6.45) is 2.63. The number of carbonyl (C=O) groups is 1. The van der Waals surface area contributed by atoms with Gasteiger partial charge in [-0.3, -0.25) is 4.79 Å². The summed E-state index contributed by atoms with van der Waals surface area (Å²) >= 11 is 12.1. The minimum Gasteiger partial charge on any atom is -0.298 e. The molecule has 0 radical (unpaired) electrons. The highest BCUT2D eigenvalue weighted by atomic mass is 35.5. The summed E-state index contributed by atoms with van der Waals surface area (Å²) in [6.45, 7) is 0. The molecule has 0 atom stereocenters. The van der Waals surface area contributed by atoms with Crippen molar-refractivity contribution in [3.63, 3.8) is 0 Å². The smallest absolute Gasteiger partial charge is 0.146 e. The van der Waals surface area contributed by atoms with Crippen molar-refractivity contribution < 1.29 is 4.79 Å². The lowest BCUT2D eigenvalue weighted by molar-refractivity contribution is -0.116. The van der Waals surface area contributed by atoms with Gasteiger partial charge >= 0.3 is 0 Å². The van der Waals surface area contributed by atoms with E-state index in [0.29, 0.717) is 22.2 Å². The van der Waals surface area contributed by atoms with Crippen molar-refractivity contribution in [1.29, 1.82) is 0 Å². The van der Waals surface area contributed by atoms with Gasteiger partial charge in [0.05, 0.1) is 0 Å². The van der Waals surface area contributed by atoms with E-state index in [-0.39, 0.29) is 5.78 Å². The van der Waals surface area contributed by atoms with Gasteiger partial charge in [0.1, 0.15) is 5.78 Å². The lowest BCUT2D eigenvalue weighted by Crippen LogP contribution is -2.16. The molecule has 0 saturated carbocycles. The minimum absolute atomic E-state index is 0.235. The van der Waals surface area contributed by atoms with Gasteiger partial charge in [-0.1, -0.05) is 53.5 Å². The summed E-state index contributed by atoms with van der Waals surface area (Å²) < 4.78 is 0. The Kier molecular flexibility index (Phi) is 6.08. The Morgan fingerprint density at radius 2 is 1.23 bits per heavy atom. The highest BCUT2D eigenvalue weighted by molar-refractivity contribution is 8.33. The number of ketones is 1. The Morgan fingerprint density at radius 1 is 0.769 bits per heavy atom. The topological polar surface area (TPSA) is 17.1 Å². The molecule has 134 valence electrons. The van der Waals surface area contributed by atoms with E-state index in [9.17, 15) is 4.79 Å². The molecule has 0 aliphatic carbocycles. The molecule has 0 bridgehead atoms. The van der Waals surface area contributed by atoms with Crippen LogP contribution in [-0.4, -0.2) is 17.8 Å². The van der Waals surface area contributed by atoms with Crippen molar-refractivity contribution in [2.45, 2.75) is 16.2 Å². The first-order valence-corrected chi connectivity index (χ1v) is 11.3. The quantitative estimate of drug-likeness (QED) is 0.450. The van der Waals surface area contributed by atoms with Gasteiger partial charge in [0, 0.05) is 22.2 Å². The fourth-order valence-corrected chi connectivity index (χ4v) is 6.05. The first-order valence-electron chi connectivity index (χ1n) is 8.30. The molecule has 3 aromatic carbocycles. The molecule has 26 heavy (non-hydrogen) atoms. The summed E-state index contributed by atoms with van der Waals surface area (Å²) in [4.78, 5) is 15.2. The van der Waals surface area contributed by atoms with E-state index >= 15 is 0 Å². The molecule has 3 rings (SSSR count). The highest BCUT2D eigenvalue weighted by Gasteiger charge is 2.26. The van der Waals surface area contributed by atoms with Crippen LogP contribution in [0.4, 0.5) is 0 Å². The largest absolute Gasteiger partial charge is 0.298 e. The molecule has 0 saturated heterocycles. The number of Topliss-reactive ketones (excluding diaryl/α,β-unsaturated/α-hetero) is 1. The van der Waals surface area contributed by atoms with Gasteiger partial charge in [-0.25, -0.2) is 0 Å². The third kappa shape index (κ3) is 4.50. The number of hydrogen-bond donors (Lipinski definition) is 0. The van der Waals surface area contributed by atoms with Crippen LogP contribution in [0, 0.1) is 0 Å². The molecular weight excluding hydrogens is 383 g/mol. The van der Waals surface area contributed by atoms with Crippen molar-refractivity contribution in [3.05, 3.63) is 94.5 Å². The zero-order chi connectivity index (χ0) is 18.6. The van der Waals surface area contributed by atoms with Crippen molar-refractivity contribution in [2.24, 2.45) is 0 Å². The van der Waals surface area contributed by atoms with E-state index in [1.54, 1.807) is 0 Å². The molecule has 3 aromatic rings. The molecule has 0 fully saturated rings. The zero-order valence-corrected chi connectivity index (χ0v) is 16.8. The molecule has 0 N–H and O–H groups in total. The number of hydrogen-bond acceptors (Lipinski definition) is 1. The van der Waals surface area contributed by atoms with Crippen molar-refractivity contribution in [1.82, 2.24) is 0 Å². The van der Waals surface area contributed by atoms with E-state index in [1.165, 1.54) is 0 Å². The van der Waals surface area contributed by atoms with Crippen molar-refractivity contribution in [3.8, 4) is 0 Å². The third-order valence-electron chi connectivity index (χ3n) is 4.36. The number of rotatable bonds is 6. The molecule has 0 amide bonds. The Hall–Kier alpha value is -1.74. The van der Waals surface area contributed by atoms with Crippen LogP contribution in [-0.2, 0) is 11.2 Å². The predicted molar refractivity (Wildman–Crippen MR) is 113 cm³/mol. The van der Waals surface area contributed by atoms with Crippen LogP contribution < -0.4 is 0 Å². The average molecular weight is 403 g/mol. The second-order valence-electron chi connectivity index (χ2n) is 6.34. The van der Waals surface area contributed by atoms with Crippen LogP contribution in [0.3, 0.4) is 0 Å². The first kappa shape index (κ1) is 19.0. The summed E-state index contributed by atoms with van der Waals surface area (Å²) in [5.41, 5.74) is 1.05. The minimum atomic E-state index is -1.52. The monoisotopic (exact) mass is 402 g/mol. The number of carbonyl (C=O) groups excluding carboxylic acids is 1. The van der Waals surface area contributed by atoms with Gasteiger partial charge in [0.25, 0.3) is 0 Å². The van der Waals surface area contributed by atoms with E-state index in [2.05, 4.69) is 6.26 Å². The lowest BCUT2D eigenvalue weighted by Gasteiger charge is -2.36. The molecule has 4 heteroatoms. The normalized spacial score (nSPS) is 12.0. The van der Waals surface area contributed by atoms with Crippen LogP contribution in [0.15, 0.2) is 88.7 Å². The second-order valence-corrected chi connectivity index (χ2v) is 10.6.